The van der Waals surface area contributed by atoms with Crippen molar-refractivity contribution in [3.63, 3.8) is 0 Å². The van der Waals surface area contributed by atoms with Crippen LogP contribution in [0.5, 0.6) is 0 Å². The summed E-state index contributed by atoms with van der Waals surface area (Å²) in [5, 5.41) is 9.96. The third-order valence-corrected chi connectivity index (χ3v) is 5.25. The molecule has 0 aliphatic carbocycles. The van der Waals surface area contributed by atoms with Crippen LogP contribution in [0.4, 0.5) is 4.79 Å². The minimum absolute atomic E-state index is 0.00416. The van der Waals surface area contributed by atoms with Gasteiger partial charge in [0.15, 0.2) is 0 Å². The van der Waals surface area contributed by atoms with E-state index in [4.69, 9.17) is 4.74 Å². The maximum absolute atomic E-state index is 12.7. The van der Waals surface area contributed by atoms with Gasteiger partial charge in [-0.2, -0.15) is 0 Å². The van der Waals surface area contributed by atoms with E-state index in [0.717, 1.165) is 25.9 Å². The molecule has 1 aromatic rings. The molecule has 2 bridgehead atoms. The number of hydrogen-bond donors (Lipinski definition) is 1. The Morgan fingerprint density at radius 3 is 2.56 bits per heavy atom. The number of hydrogen-bond acceptors (Lipinski definition) is 4. The summed E-state index contributed by atoms with van der Waals surface area (Å²) in [4.78, 5) is 16.9. The zero-order valence-electron chi connectivity index (χ0n) is 15.5. The molecule has 5 heteroatoms. The summed E-state index contributed by atoms with van der Waals surface area (Å²) in [7, 11) is 0. The molecule has 0 spiro atoms. The Labute approximate surface area is 150 Å². The summed E-state index contributed by atoms with van der Waals surface area (Å²) in [6.07, 6.45) is 1.82. The van der Waals surface area contributed by atoms with E-state index in [-0.39, 0.29) is 18.7 Å². The van der Waals surface area contributed by atoms with Gasteiger partial charge in [0.25, 0.3) is 0 Å². The summed E-state index contributed by atoms with van der Waals surface area (Å²) in [5.74, 6) is 0.292. The molecule has 1 unspecified atom stereocenters. The third-order valence-electron chi connectivity index (χ3n) is 5.25. The topological polar surface area (TPSA) is 53.0 Å². The molecule has 0 radical (unpaired) electrons. The van der Waals surface area contributed by atoms with Gasteiger partial charge in [-0.05, 0) is 45.1 Å². The first-order valence-electron chi connectivity index (χ1n) is 9.26. The summed E-state index contributed by atoms with van der Waals surface area (Å²) in [6, 6.07) is 10.6. The first-order chi connectivity index (χ1) is 11.9. The number of aliphatic hydroxyl groups excluding tert-OH is 1. The second kappa shape index (κ2) is 7.34. The quantitative estimate of drug-likeness (QED) is 0.914. The van der Waals surface area contributed by atoms with Gasteiger partial charge in [0.05, 0.1) is 12.6 Å². The molecule has 3 atom stereocenters. The number of carbonyl (C=O) groups excluding carboxylic acids is 1. The van der Waals surface area contributed by atoms with Crippen molar-refractivity contribution in [2.45, 2.75) is 57.8 Å². The molecular formula is C20H30N2O3. The highest BCUT2D eigenvalue weighted by atomic mass is 16.6. The van der Waals surface area contributed by atoms with E-state index >= 15 is 0 Å². The van der Waals surface area contributed by atoms with Gasteiger partial charge in [0.2, 0.25) is 0 Å². The molecule has 4 rings (SSSR count). The van der Waals surface area contributed by atoms with E-state index in [1.165, 1.54) is 5.56 Å². The number of benzene rings is 1. The van der Waals surface area contributed by atoms with E-state index in [1.54, 1.807) is 4.90 Å². The summed E-state index contributed by atoms with van der Waals surface area (Å²) >= 11 is 0. The normalized spacial score (nSPS) is 27.2. The molecule has 3 aliphatic rings. The van der Waals surface area contributed by atoms with Crippen LogP contribution in [-0.4, -0.2) is 58.4 Å². The van der Waals surface area contributed by atoms with Crippen molar-refractivity contribution >= 4 is 6.09 Å². The molecule has 1 amide bonds. The lowest BCUT2D eigenvalue weighted by Crippen LogP contribution is -2.48. The molecule has 1 aromatic carbocycles. The van der Waals surface area contributed by atoms with Crippen LogP contribution in [0.1, 0.15) is 39.2 Å². The second-order valence-corrected chi connectivity index (χ2v) is 8.29. The average Bonchev–Trinajstić information content (AvgIpc) is 2.82. The van der Waals surface area contributed by atoms with Gasteiger partial charge in [-0.25, -0.2) is 4.79 Å². The van der Waals surface area contributed by atoms with Crippen LogP contribution in [-0.2, 0) is 11.3 Å². The van der Waals surface area contributed by atoms with Crippen molar-refractivity contribution in [3.05, 3.63) is 35.9 Å². The fraction of sp³-hybridized carbons (Fsp3) is 0.650. The molecule has 5 nitrogen and oxygen atoms in total. The Morgan fingerprint density at radius 2 is 1.92 bits per heavy atom. The molecule has 3 aliphatic heterocycles. The van der Waals surface area contributed by atoms with Crippen LogP contribution in [0.2, 0.25) is 0 Å². The minimum Gasteiger partial charge on any atom is -0.444 e. The fourth-order valence-electron chi connectivity index (χ4n) is 4.06. The third kappa shape index (κ3) is 4.33. The van der Waals surface area contributed by atoms with Crippen molar-refractivity contribution < 1.29 is 14.6 Å². The maximum atomic E-state index is 12.7. The number of fused-ring (bicyclic) bond motifs is 4. The number of ether oxygens (including phenoxy) is 1. The van der Waals surface area contributed by atoms with E-state index in [1.807, 2.05) is 26.8 Å². The van der Waals surface area contributed by atoms with Crippen molar-refractivity contribution in [2.75, 3.05) is 19.7 Å². The standard InChI is InChI=1S/C20H30N2O3/c1-20(2,3)25-19(24)22-13-17-10-9-16(18(22)14-23)12-21(17)11-15-7-5-4-6-8-15/h4-8,16-18,23H,9-14H2,1-3H3/t16-,17-,18?/m1/s1. The monoisotopic (exact) mass is 346 g/mol. The lowest BCUT2D eigenvalue weighted by molar-refractivity contribution is 0.00538. The highest BCUT2D eigenvalue weighted by Gasteiger charge is 2.43. The van der Waals surface area contributed by atoms with E-state index in [0.29, 0.717) is 18.5 Å². The predicted octanol–water partition coefficient (Wildman–Crippen LogP) is 2.88. The molecule has 3 heterocycles. The molecule has 0 saturated carbocycles. The smallest absolute Gasteiger partial charge is 0.410 e. The molecule has 3 saturated heterocycles. The Morgan fingerprint density at radius 1 is 1.20 bits per heavy atom. The van der Waals surface area contributed by atoms with Crippen LogP contribution >= 0.6 is 0 Å². The highest BCUT2D eigenvalue weighted by molar-refractivity contribution is 5.69. The maximum Gasteiger partial charge on any atom is 0.410 e. The molecule has 138 valence electrons. The first kappa shape index (κ1) is 18.2. The number of nitrogens with zero attached hydrogens (tertiary/aromatic N) is 2. The van der Waals surface area contributed by atoms with Crippen molar-refractivity contribution in [3.8, 4) is 0 Å². The van der Waals surface area contributed by atoms with Crippen LogP contribution < -0.4 is 0 Å². The number of amides is 1. The van der Waals surface area contributed by atoms with Crippen molar-refractivity contribution in [1.82, 2.24) is 9.80 Å². The fourth-order valence-corrected chi connectivity index (χ4v) is 4.06. The SMILES string of the molecule is CC(C)(C)OC(=O)N1C[C@H]2CC[C@H](CN2Cc2ccccc2)C1CO. The van der Waals surface area contributed by atoms with E-state index < -0.39 is 5.60 Å². The second-order valence-electron chi connectivity index (χ2n) is 8.29. The molecular weight excluding hydrogens is 316 g/mol. The molecule has 25 heavy (non-hydrogen) atoms. The lowest BCUT2D eigenvalue weighted by atomic mass is 9.89. The van der Waals surface area contributed by atoms with Crippen molar-refractivity contribution in [2.24, 2.45) is 5.92 Å². The molecule has 1 N–H and O–H groups in total. The first-order valence-corrected chi connectivity index (χ1v) is 9.26. The van der Waals surface area contributed by atoms with E-state index in [2.05, 4.69) is 29.2 Å². The van der Waals surface area contributed by atoms with Gasteiger partial charge < -0.3 is 14.7 Å². The van der Waals surface area contributed by atoms with Gasteiger partial charge >= 0.3 is 6.09 Å². The number of aliphatic hydroxyl groups is 1. The number of carbonyl (C=O) groups is 1. The van der Waals surface area contributed by atoms with Gasteiger partial charge in [-0.15, -0.1) is 0 Å². The van der Waals surface area contributed by atoms with Crippen LogP contribution in [0.15, 0.2) is 30.3 Å². The van der Waals surface area contributed by atoms with Gasteiger partial charge in [-0.3, -0.25) is 4.90 Å². The minimum atomic E-state index is -0.522. The Kier molecular flexibility index (Phi) is 5.35. The number of rotatable bonds is 3. The van der Waals surface area contributed by atoms with Crippen LogP contribution in [0.3, 0.4) is 0 Å². The zero-order valence-corrected chi connectivity index (χ0v) is 15.5. The largest absolute Gasteiger partial charge is 0.444 e. The molecule has 0 aromatic heterocycles. The summed E-state index contributed by atoms with van der Waals surface area (Å²) in [6.45, 7) is 8.08. The summed E-state index contributed by atoms with van der Waals surface area (Å²) < 4.78 is 5.60. The lowest BCUT2D eigenvalue weighted by Gasteiger charge is -2.36. The van der Waals surface area contributed by atoms with Crippen molar-refractivity contribution in [1.29, 1.82) is 0 Å². The van der Waals surface area contributed by atoms with Crippen LogP contribution in [0.25, 0.3) is 0 Å². The van der Waals surface area contributed by atoms with Gasteiger partial charge in [-0.1, -0.05) is 30.3 Å². The number of piperidine rings is 1. The Balaban J connectivity index is 1.77. The average molecular weight is 346 g/mol. The highest BCUT2D eigenvalue weighted by Crippen LogP contribution is 2.34. The van der Waals surface area contributed by atoms with E-state index in [9.17, 15) is 9.90 Å². The zero-order chi connectivity index (χ0) is 18.0. The predicted molar refractivity (Wildman–Crippen MR) is 97.2 cm³/mol. The summed E-state index contributed by atoms with van der Waals surface area (Å²) in [5.41, 5.74) is 0.769. The van der Waals surface area contributed by atoms with Crippen LogP contribution in [0, 0.1) is 5.92 Å². The Bertz CT molecular complexity index is 584. The van der Waals surface area contributed by atoms with Gasteiger partial charge in [0.1, 0.15) is 5.60 Å². The molecule has 3 fully saturated rings. The Hall–Kier alpha value is -1.59. The van der Waals surface area contributed by atoms with Gasteiger partial charge in [0, 0.05) is 25.7 Å².